The molecule has 4 rings (SSSR count). The predicted molar refractivity (Wildman–Crippen MR) is 120 cm³/mol. The number of aromatic nitrogens is 2. The Balaban J connectivity index is 1.60. The van der Waals surface area contributed by atoms with Crippen molar-refractivity contribution in [1.29, 1.82) is 0 Å². The van der Waals surface area contributed by atoms with Crippen molar-refractivity contribution < 1.29 is 14.4 Å². The number of hydrogen-bond donors (Lipinski definition) is 4. The molecule has 168 valence electrons. The number of nitrogens with one attached hydrogen (secondary N) is 3. The molecule has 1 saturated heterocycles. The lowest BCUT2D eigenvalue weighted by Gasteiger charge is -2.32. The number of H-pyrrole nitrogens is 1. The van der Waals surface area contributed by atoms with Crippen molar-refractivity contribution in [3.05, 3.63) is 44.2 Å². The fourth-order valence-corrected chi connectivity index (χ4v) is 4.38. The first-order valence-corrected chi connectivity index (χ1v) is 10.7. The van der Waals surface area contributed by atoms with Crippen molar-refractivity contribution in [3.8, 4) is 0 Å². The largest absolute Gasteiger partial charge is 0.369 e. The van der Waals surface area contributed by atoms with Crippen LogP contribution in [0.2, 0.25) is 10.0 Å². The maximum Gasteiger partial charge on any atom is 0.258 e. The van der Waals surface area contributed by atoms with E-state index in [0.29, 0.717) is 36.6 Å². The molecule has 0 aliphatic carbocycles. The maximum absolute atomic E-state index is 12.9. The normalized spacial score (nSPS) is 18.6. The Morgan fingerprint density at radius 3 is 2.56 bits per heavy atom. The van der Waals surface area contributed by atoms with Crippen LogP contribution in [0.5, 0.6) is 0 Å². The predicted octanol–water partition coefficient (Wildman–Crippen LogP) is 1.84. The summed E-state index contributed by atoms with van der Waals surface area (Å²) in [7, 11) is 0. The molecule has 1 fully saturated rings. The molecule has 3 heterocycles. The fourth-order valence-electron chi connectivity index (χ4n) is 3.92. The third-order valence-electron chi connectivity index (χ3n) is 5.64. The highest BCUT2D eigenvalue weighted by molar-refractivity contribution is 6.36. The van der Waals surface area contributed by atoms with Gasteiger partial charge in [-0.1, -0.05) is 23.2 Å². The van der Waals surface area contributed by atoms with Crippen LogP contribution in [0, 0.1) is 5.92 Å². The van der Waals surface area contributed by atoms with E-state index in [1.807, 2.05) is 4.90 Å². The van der Waals surface area contributed by atoms with Gasteiger partial charge in [0.05, 0.1) is 22.2 Å². The molecule has 0 saturated carbocycles. The van der Waals surface area contributed by atoms with Gasteiger partial charge in [-0.3, -0.25) is 24.2 Å². The van der Waals surface area contributed by atoms with Crippen LogP contribution in [-0.2, 0) is 14.4 Å². The second-order valence-corrected chi connectivity index (χ2v) is 8.58. The first kappa shape index (κ1) is 22.1. The number of carbonyl (C=O) groups is 3. The number of aromatic amines is 1. The van der Waals surface area contributed by atoms with Crippen LogP contribution in [0.4, 0.5) is 17.5 Å². The van der Waals surface area contributed by atoms with E-state index in [-0.39, 0.29) is 40.6 Å². The summed E-state index contributed by atoms with van der Waals surface area (Å²) >= 11 is 12.0. The minimum Gasteiger partial charge on any atom is -0.369 e. The number of primary amides is 1. The smallest absolute Gasteiger partial charge is 0.258 e. The third kappa shape index (κ3) is 4.42. The van der Waals surface area contributed by atoms with Gasteiger partial charge in [-0.15, -0.1) is 0 Å². The SMILES string of the molecule is NC(=O)C1CCN(c2nc3c(c(=O)[nH]2)[C@H](C(=O)Nc2ccc(Cl)cc2Cl)CC(=O)N3)CC1. The maximum atomic E-state index is 12.9. The van der Waals surface area contributed by atoms with Gasteiger partial charge in [0.15, 0.2) is 0 Å². The van der Waals surface area contributed by atoms with Crippen LogP contribution >= 0.6 is 23.2 Å². The molecular formula is C20H20Cl2N6O4. The molecule has 1 aromatic heterocycles. The van der Waals surface area contributed by atoms with Gasteiger partial charge in [0.25, 0.3) is 5.56 Å². The van der Waals surface area contributed by atoms with Crippen molar-refractivity contribution in [2.45, 2.75) is 25.2 Å². The van der Waals surface area contributed by atoms with E-state index in [0.717, 1.165) is 0 Å². The average molecular weight is 479 g/mol. The van der Waals surface area contributed by atoms with Gasteiger partial charge in [0.2, 0.25) is 23.7 Å². The number of hydrogen-bond acceptors (Lipinski definition) is 6. The van der Waals surface area contributed by atoms with Crippen molar-refractivity contribution >= 4 is 58.4 Å². The van der Waals surface area contributed by atoms with Crippen LogP contribution < -0.4 is 26.8 Å². The third-order valence-corrected chi connectivity index (χ3v) is 6.19. The van der Waals surface area contributed by atoms with E-state index in [9.17, 15) is 19.2 Å². The Labute approximate surface area is 192 Å². The zero-order valence-corrected chi connectivity index (χ0v) is 18.3. The first-order valence-electron chi connectivity index (χ1n) is 9.97. The van der Waals surface area contributed by atoms with Gasteiger partial charge < -0.3 is 21.3 Å². The van der Waals surface area contributed by atoms with Crippen molar-refractivity contribution in [2.24, 2.45) is 11.7 Å². The summed E-state index contributed by atoms with van der Waals surface area (Å²) in [6.07, 6.45) is 0.864. The molecule has 10 nitrogen and oxygen atoms in total. The summed E-state index contributed by atoms with van der Waals surface area (Å²) < 4.78 is 0. The average Bonchev–Trinajstić information content (AvgIpc) is 2.74. The summed E-state index contributed by atoms with van der Waals surface area (Å²) in [6, 6.07) is 4.57. The highest BCUT2D eigenvalue weighted by Gasteiger charge is 2.35. The number of piperidine rings is 1. The summed E-state index contributed by atoms with van der Waals surface area (Å²) in [5.74, 6) is -2.31. The lowest BCUT2D eigenvalue weighted by atomic mass is 9.92. The Hall–Kier alpha value is -3.11. The molecule has 0 spiro atoms. The van der Waals surface area contributed by atoms with Gasteiger partial charge in [-0.25, -0.2) is 0 Å². The zero-order chi connectivity index (χ0) is 23.0. The second-order valence-electron chi connectivity index (χ2n) is 7.73. The molecule has 0 unspecified atom stereocenters. The van der Waals surface area contributed by atoms with Crippen molar-refractivity contribution in [1.82, 2.24) is 9.97 Å². The van der Waals surface area contributed by atoms with Crippen LogP contribution in [-0.4, -0.2) is 40.8 Å². The molecule has 2 aliphatic heterocycles. The Morgan fingerprint density at radius 1 is 1.19 bits per heavy atom. The van der Waals surface area contributed by atoms with Crippen LogP contribution in [0.1, 0.15) is 30.7 Å². The minimum atomic E-state index is -1.05. The Morgan fingerprint density at radius 2 is 1.91 bits per heavy atom. The van der Waals surface area contributed by atoms with Gasteiger partial charge in [0, 0.05) is 30.5 Å². The quantitative estimate of drug-likeness (QED) is 0.526. The highest BCUT2D eigenvalue weighted by Crippen LogP contribution is 2.32. The number of nitrogens with zero attached hydrogens (tertiary/aromatic N) is 2. The Kier molecular flexibility index (Phi) is 6.07. The Bertz CT molecular complexity index is 1160. The van der Waals surface area contributed by atoms with Gasteiger partial charge >= 0.3 is 0 Å². The fraction of sp³-hybridized carbons (Fsp3) is 0.350. The molecule has 32 heavy (non-hydrogen) atoms. The van der Waals surface area contributed by atoms with Crippen LogP contribution in [0.3, 0.4) is 0 Å². The van der Waals surface area contributed by atoms with E-state index in [1.54, 1.807) is 6.07 Å². The molecule has 3 amide bonds. The molecule has 2 aromatic rings. The van der Waals surface area contributed by atoms with Gasteiger partial charge in [-0.2, -0.15) is 4.98 Å². The van der Waals surface area contributed by atoms with Crippen molar-refractivity contribution in [2.75, 3.05) is 28.6 Å². The molecule has 5 N–H and O–H groups in total. The molecule has 1 aromatic carbocycles. The van der Waals surface area contributed by atoms with Gasteiger partial charge in [-0.05, 0) is 31.0 Å². The first-order chi connectivity index (χ1) is 15.2. The van der Waals surface area contributed by atoms with Crippen LogP contribution in [0.25, 0.3) is 0 Å². The standard InChI is InChI=1S/C20H20Cl2N6O4/c21-10-1-2-13(12(22)7-10)24-18(31)11-8-14(29)25-17-15(11)19(32)27-20(26-17)28-5-3-9(4-6-28)16(23)30/h1-2,7,9,11H,3-6,8H2,(H2,23,30)(H,24,31)(H2,25,26,27,29,32)/t11-/m1/s1. The minimum absolute atomic E-state index is 0.0411. The monoisotopic (exact) mass is 478 g/mol. The van der Waals surface area contributed by atoms with E-state index in [2.05, 4.69) is 20.6 Å². The zero-order valence-electron chi connectivity index (χ0n) is 16.8. The summed E-state index contributed by atoms with van der Waals surface area (Å²) in [5, 5.41) is 5.86. The summed E-state index contributed by atoms with van der Waals surface area (Å²) in [5.41, 5.74) is 5.23. The highest BCUT2D eigenvalue weighted by atomic mass is 35.5. The molecule has 1 atom stereocenters. The van der Waals surface area contributed by atoms with Crippen LogP contribution in [0.15, 0.2) is 23.0 Å². The van der Waals surface area contributed by atoms with E-state index < -0.39 is 23.3 Å². The van der Waals surface area contributed by atoms with E-state index in [4.69, 9.17) is 28.9 Å². The number of rotatable bonds is 4. The van der Waals surface area contributed by atoms with Gasteiger partial charge in [0.1, 0.15) is 5.82 Å². The summed E-state index contributed by atoms with van der Waals surface area (Å²) in [6.45, 7) is 0.949. The van der Waals surface area contributed by atoms with Crippen molar-refractivity contribution in [3.63, 3.8) is 0 Å². The number of benzene rings is 1. The number of fused-ring (bicyclic) bond motifs is 1. The number of carbonyl (C=O) groups excluding carboxylic acids is 3. The lowest BCUT2D eigenvalue weighted by molar-refractivity contribution is -0.123. The van der Waals surface area contributed by atoms with E-state index in [1.165, 1.54) is 12.1 Å². The molecule has 12 heteroatoms. The molecule has 2 aliphatic rings. The number of amides is 3. The molecule has 0 radical (unpaired) electrons. The lowest BCUT2D eigenvalue weighted by Crippen LogP contribution is -2.41. The number of nitrogens with two attached hydrogens (primary N) is 1. The topological polar surface area (TPSA) is 150 Å². The van der Waals surface area contributed by atoms with E-state index >= 15 is 0 Å². The number of halogens is 2. The number of anilines is 3. The molecule has 0 bridgehead atoms. The second kappa shape index (κ2) is 8.79. The summed E-state index contributed by atoms with van der Waals surface area (Å²) in [4.78, 5) is 58.4. The molecular weight excluding hydrogens is 459 g/mol.